The van der Waals surface area contributed by atoms with Gasteiger partial charge in [0.2, 0.25) is 11.8 Å². The second-order valence-corrected chi connectivity index (χ2v) is 5.85. The maximum Gasteiger partial charge on any atom is 0.302 e. The number of anilines is 3. The molecule has 0 radical (unpaired) electrons. The number of nitrogens with one attached hydrogen (secondary N) is 3. The number of aromatic nitrogens is 1. The fourth-order valence-corrected chi connectivity index (χ4v) is 2.26. The van der Waals surface area contributed by atoms with E-state index < -0.39 is 5.91 Å². The number of hydrogen-bond acceptors (Lipinski definition) is 6. The standard InChI is InChI=1S/C17H18N4O5/c1-9(22)18-11-5-6-14(25-2)12(7-11)19-16(24)13-8-26-17(20-13)21-15(23)10-3-4-10/h5-8,10H,3-4H2,1-2H3,(H,18,22)(H,19,24)(H,20,21,23). The highest BCUT2D eigenvalue weighted by Gasteiger charge is 2.30. The van der Waals surface area contributed by atoms with E-state index in [1.165, 1.54) is 14.0 Å². The molecule has 9 heteroatoms. The lowest BCUT2D eigenvalue weighted by Crippen LogP contribution is -2.15. The van der Waals surface area contributed by atoms with E-state index in [9.17, 15) is 14.4 Å². The molecule has 0 bridgehead atoms. The molecule has 1 aromatic carbocycles. The molecule has 26 heavy (non-hydrogen) atoms. The monoisotopic (exact) mass is 358 g/mol. The van der Waals surface area contributed by atoms with E-state index in [1.807, 2.05) is 0 Å². The lowest BCUT2D eigenvalue weighted by Gasteiger charge is -2.11. The van der Waals surface area contributed by atoms with Gasteiger partial charge in [0, 0.05) is 18.5 Å². The summed E-state index contributed by atoms with van der Waals surface area (Å²) in [7, 11) is 1.46. The second kappa shape index (κ2) is 7.26. The highest BCUT2D eigenvalue weighted by atomic mass is 16.5. The minimum Gasteiger partial charge on any atom is -0.495 e. The van der Waals surface area contributed by atoms with Crippen LogP contribution in [0.3, 0.4) is 0 Å². The summed E-state index contributed by atoms with van der Waals surface area (Å²) < 4.78 is 10.3. The highest BCUT2D eigenvalue weighted by Crippen LogP contribution is 2.30. The van der Waals surface area contributed by atoms with E-state index in [4.69, 9.17) is 9.15 Å². The molecule has 0 atom stereocenters. The normalized spacial score (nSPS) is 13.0. The first-order valence-corrected chi connectivity index (χ1v) is 7.99. The van der Waals surface area contributed by atoms with Crippen LogP contribution in [0.25, 0.3) is 0 Å². The molecule has 0 unspecified atom stereocenters. The molecular formula is C17H18N4O5. The van der Waals surface area contributed by atoms with Crippen LogP contribution < -0.4 is 20.7 Å². The van der Waals surface area contributed by atoms with Crippen LogP contribution in [-0.2, 0) is 9.59 Å². The maximum absolute atomic E-state index is 12.4. The summed E-state index contributed by atoms with van der Waals surface area (Å²) in [6, 6.07) is 4.81. The molecule has 136 valence electrons. The number of ether oxygens (including phenoxy) is 1. The highest BCUT2D eigenvalue weighted by molar-refractivity contribution is 6.04. The number of rotatable bonds is 6. The summed E-state index contributed by atoms with van der Waals surface area (Å²) in [4.78, 5) is 39.2. The Labute approximate surface area is 149 Å². The molecule has 1 saturated carbocycles. The Morgan fingerprint density at radius 1 is 1.19 bits per heavy atom. The van der Waals surface area contributed by atoms with Crippen LogP contribution in [0.15, 0.2) is 28.9 Å². The minimum absolute atomic E-state index is 0.0000430. The first-order chi connectivity index (χ1) is 12.5. The molecule has 0 saturated heterocycles. The van der Waals surface area contributed by atoms with Crippen molar-refractivity contribution in [3.63, 3.8) is 0 Å². The van der Waals surface area contributed by atoms with Crippen molar-refractivity contribution in [3.8, 4) is 5.75 Å². The summed E-state index contributed by atoms with van der Waals surface area (Å²) in [6.07, 6.45) is 2.86. The first kappa shape index (κ1) is 17.5. The molecule has 3 rings (SSSR count). The zero-order valence-corrected chi connectivity index (χ0v) is 14.3. The molecule has 1 aliphatic carbocycles. The quantitative estimate of drug-likeness (QED) is 0.728. The number of amides is 3. The third kappa shape index (κ3) is 4.18. The van der Waals surface area contributed by atoms with E-state index in [1.54, 1.807) is 18.2 Å². The van der Waals surface area contributed by atoms with Crippen molar-refractivity contribution in [2.45, 2.75) is 19.8 Å². The molecule has 9 nitrogen and oxygen atoms in total. The summed E-state index contributed by atoms with van der Waals surface area (Å²) in [5, 5.41) is 7.79. The van der Waals surface area contributed by atoms with Crippen LogP contribution in [0, 0.1) is 5.92 Å². The predicted octanol–water partition coefficient (Wildman–Crippen LogP) is 2.24. The number of methoxy groups -OCH3 is 1. The van der Waals surface area contributed by atoms with Gasteiger partial charge in [-0.25, -0.2) is 0 Å². The average Bonchev–Trinajstić information content (AvgIpc) is 3.34. The summed E-state index contributed by atoms with van der Waals surface area (Å²) in [5.74, 6) is -0.527. The number of carbonyl (C=O) groups is 3. The van der Waals surface area contributed by atoms with Gasteiger partial charge >= 0.3 is 6.01 Å². The van der Waals surface area contributed by atoms with Gasteiger partial charge in [0.05, 0.1) is 12.8 Å². The Hall–Kier alpha value is -3.36. The third-order valence-electron chi connectivity index (χ3n) is 3.68. The van der Waals surface area contributed by atoms with Gasteiger partial charge in [-0.3, -0.25) is 19.7 Å². The van der Waals surface area contributed by atoms with E-state index in [-0.39, 0.29) is 29.4 Å². The number of oxazole rings is 1. The van der Waals surface area contributed by atoms with Gasteiger partial charge in [-0.05, 0) is 31.0 Å². The molecule has 0 spiro atoms. The van der Waals surface area contributed by atoms with Crippen LogP contribution in [0.5, 0.6) is 5.75 Å². The maximum atomic E-state index is 12.4. The third-order valence-corrected chi connectivity index (χ3v) is 3.68. The Morgan fingerprint density at radius 2 is 1.96 bits per heavy atom. The van der Waals surface area contributed by atoms with Gasteiger partial charge in [0.25, 0.3) is 5.91 Å². The van der Waals surface area contributed by atoms with Gasteiger partial charge in [0.15, 0.2) is 5.69 Å². The van der Waals surface area contributed by atoms with Gasteiger partial charge < -0.3 is 19.8 Å². The fraction of sp³-hybridized carbons (Fsp3) is 0.294. The predicted molar refractivity (Wildman–Crippen MR) is 93.1 cm³/mol. The Kier molecular flexibility index (Phi) is 4.87. The lowest BCUT2D eigenvalue weighted by molar-refractivity contribution is -0.117. The largest absolute Gasteiger partial charge is 0.495 e. The number of benzene rings is 1. The topological polar surface area (TPSA) is 123 Å². The van der Waals surface area contributed by atoms with E-state index >= 15 is 0 Å². The zero-order valence-electron chi connectivity index (χ0n) is 14.3. The Bertz CT molecular complexity index is 857. The molecule has 2 aromatic rings. The molecule has 1 heterocycles. The van der Waals surface area contributed by atoms with Gasteiger partial charge in [-0.2, -0.15) is 4.98 Å². The first-order valence-electron chi connectivity index (χ1n) is 7.99. The van der Waals surface area contributed by atoms with Crippen LogP contribution in [0.2, 0.25) is 0 Å². The fourth-order valence-electron chi connectivity index (χ4n) is 2.26. The van der Waals surface area contributed by atoms with Gasteiger partial charge in [0.1, 0.15) is 12.0 Å². The van der Waals surface area contributed by atoms with Crippen LogP contribution >= 0.6 is 0 Å². The average molecular weight is 358 g/mol. The van der Waals surface area contributed by atoms with Crippen molar-refractivity contribution in [2.75, 3.05) is 23.1 Å². The van der Waals surface area contributed by atoms with Gasteiger partial charge in [-0.15, -0.1) is 0 Å². The molecule has 3 amide bonds. The Balaban J connectivity index is 1.71. The number of carbonyl (C=O) groups excluding carboxylic acids is 3. The SMILES string of the molecule is COc1ccc(NC(C)=O)cc1NC(=O)c1coc(NC(=O)C2CC2)n1. The van der Waals surface area contributed by atoms with Crippen LogP contribution in [0.4, 0.5) is 17.4 Å². The molecule has 0 aliphatic heterocycles. The molecular weight excluding hydrogens is 340 g/mol. The van der Waals surface area contributed by atoms with Crippen molar-refractivity contribution >= 4 is 35.1 Å². The minimum atomic E-state index is -0.543. The van der Waals surface area contributed by atoms with E-state index in [2.05, 4.69) is 20.9 Å². The molecule has 1 aromatic heterocycles. The van der Waals surface area contributed by atoms with Crippen molar-refractivity contribution in [2.24, 2.45) is 5.92 Å². The van der Waals surface area contributed by atoms with Crippen molar-refractivity contribution in [1.29, 1.82) is 0 Å². The molecule has 3 N–H and O–H groups in total. The summed E-state index contributed by atoms with van der Waals surface area (Å²) in [5.41, 5.74) is 0.865. The number of hydrogen-bond donors (Lipinski definition) is 3. The smallest absolute Gasteiger partial charge is 0.302 e. The summed E-state index contributed by atoms with van der Waals surface area (Å²) >= 11 is 0. The van der Waals surface area contributed by atoms with Gasteiger partial charge in [-0.1, -0.05) is 0 Å². The van der Waals surface area contributed by atoms with E-state index in [0.29, 0.717) is 17.1 Å². The zero-order chi connectivity index (χ0) is 18.7. The summed E-state index contributed by atoms with van der Waals surface area (Å²) in [6.45, 7) is 1.38. The van der Waals surface area contributed by atoms with Crippen molar-refractivity contribution in [3.05, 3.63) is 30.2 Å². The molecule has 1 fully saturated rings. The second-order valence-electron chi connectivity index (χ2n) is 5.85. The van der Waals surface area contributed by atoms with E-state index in [0.717, 1.165) is 19.1 Å². The van der Waals surface area contributed by atoms with Crippen molar-refractivity contribution < 1.29 is 23.5 Å². The van der Waals surface area contributed by atoms with Crippen LogP contribution in [0.1, 0.15) is 30.3 Å². The Morgan fingerprint density at radius 3 is 2.62 bits per heavy atom. The van der Waals surface area contributed by atoms with Crippen LogP contribution in [-0.4, -0.2) is 29.8 Å². The number of nitrogens with zero attached hydrogens (tertiary/aromatic N) is 1. The van der Waals surface area contributed by atoms with Crippen molar-refractivity contribution in [1.82, 2.24) is 4.98 Å². The lowest BCUT2D eigenvalue weighted by atomic mass is 10.2. The molecule has 1 aliphatic rings.